The van der Waals surface area contributed by atoms with Crippen LogP contribution in [0.1, 0.15) is 26.7 Å². The van der Waals surface area contributed by atoms with Crippen LogP contribution in [0.5, 0.6) is 0 Å². The molecule has 78 valence electrons. The summed E-state index contributed by atoms with van der Waals surface area (Å²) in [7, 11) is 0. The van der Waals surface area contributed by atoms with Crippen LogP contribution in [0.25, 0.3) is 0 Å². The fraction of sp³-hybridized carbons (Fsp3) is 0.667. The van der Waals surface area contributed by atoms with E-state index in [1.165, 1.54) is 0 Å². The van der Waals surface area contributed by atoms with E-state index in [-0.39, 0.29) is 5.92 Å². The fourth-order valence-corrected chi connectivity index (χ4v) is 1.67. The number of imide groups is 2. The first kappa shape index (κ1) is 10.7. The first-order chi connectivity index (χ1) is 6.56. The Labute approximate surface area is 82.2 Å². The number of rotatable bonds is 3. The zero-order chi connectivity index (χ0) is 10.7. The Morgan fingerprint density at radius 3 is 2.14 bits per heavy atom. The van der Waals surface area contributed by atoms with E-state index in [4.69, 9.17) is 0 Å². The van der Waals surface area contributed by atoms with Crippen LogP contribution in [0.2, 0.25) is 0 Å². The lowest BCUT2D eigenvalue weighted by atomic mass is 9.88. The Morgan fingerprint density at radius 1 is 1.21 bits per heavy atom. The second-order valence-corrected chi connectivity index (χ2v) is 3.55. The molecule has 0 spiro atoms. The standard InChI is InChI=1S/C9H14N2O3/c1-3-4-5(2)6-7(12)10-9(14)11-8(6)13/h5-6H,3-4H2,1-2H3,(H2,10,11,12,13,14). The number of amides is 4. The topological polar surface area (TPSA) is 75.3 Å². The van der Waals surface area contributed by atoms with Crippen LogP contribution in [0.3, 0.4) is 0 Å². The number of nitrogens with one attached hydrogen (secondary N) is 2. The van der Waals surface area contributed by atoms with Crippen molar-refractivity contribution < 1.29 is 14.4 Å². The molecule has 0 aliphatic carbocycles. The summed E-state index contributed by atoms with van der Waals surface area (Å²) in [6, 6.07) is -0.722. The van der Waals surface area contributed by atoms with Gasteiger partial charge in [-0.2, -0.15) is 0 Å². The highest BCUT2D eigenvalue weighted by Gasteiger charge is 2.37. The summed E-state index contributed by atoms with van der Waals surface area (Å²) in [6.07, 6.45) is 1.70. The van der Waals surface area contributed by atoms with E-state index in [0.717, 1.165) is 12.8 Å². The summed E-state index contributed by atoms with van der Waals surface area (Å²) < 4.78 is 0. The molecule has 1 aliphatic rings. The second kappa shape index (κ2) is 4.21. The molecule has 1 aliphatic heterocycles. The molecule has 14 heavy (non-hydrogen) atoms. The van der Waals surface area contributed by atoms with Gasteiger partial charge in [-0.15, -0.1) is 0 Å². The van der Waals surface area contributed by atoms with Crippen LogP contribution in [-0.4, -0.2) is 17.8 Å². The van der Waals surface area contributed by atoms with E-state index in [1.54, 1.807) is 0 Å². The van der Waals surface area contributed by atoms with Crippen molar-refractivity contribution in [1.29, 1.82) is 0 Å². The number of barbiturate groups is 1. The largest absolute Gasteiger partial charge is 0.328 e. The molecule has 1 unspecified atom stereocenters. The van der Waals surface area contributed by atoms with Gasteiger partial charge in [-0.3, -0.25) is 20.2 Å². The lowest BCUT2D eigenvalue weighted by Crippen LogP contribution is -2.57. The average Bonchev–Trinajstić information content (AvgIpc) is 2.01. The minimum absolute atomic E-state index is 0.0342. The molecule has 5 heteroatoms. The van der Waals surface area contributed by atoms with Crippen molar-refractivity contribution in [3.63, 3.8) is 0 Å². The number of carbonyl (C=O) groups is 3. The molecular formula is C9H14N2O3. The van der Waals surface area contributed by atoms with Gasteiger partial charge in [0.2, 0.25) is 11.8 Å². The number of urea groups is 1. The van der Waals surface area contributed by atoms with Gasteiger partial charge >= 0.3 is 6.03 Å². The van der Waals surface area contributed by atoms with Gasteiger partial charge in [-0.1, -0.05) is 20.3 Å². The third-order valence-corrected chi connectivity index (χ3v) is 2.35. The van der Waals surface area contributed by atoms with Crippen molar-refractivity contribution >= 4 is 17.8 Å². The minimum atomic E-state index is -0.729. The summed E-state index contributed by atoms with van der Waals surface area (Å²) >= 11 is 0. The van der Waals surface area contributed by atoms with Crippen LogP contribution in [0.15, 0.2) is 0 Å². The molecule has 2 N–H and O–H groups in total. The quantitative estimate of drug-likeness (QED) is 0.645. The van der Waals surface area contributed by atoms with E-state index in [0.29, 0.717) is 0 Å². The molecule has 0 aromatic rings. The molecule has 0 aromatic heterocycles. The Morgan fingerprint density at radius 2 is 1.71 bits per heavy atom. The highest BCUT2D eigenvalue weighted by atomic mass is 16.2. The first-order valence-corrected chi connectivity index (χ1v) is 4.72. The van der Waals surface area contributed by atoms with E-state index >= 15 is 0 Å². The Balaban J connectivity index is 2.71. The van der Waals surface area contributed by atoms with E-state index < -0.39 is 23.8 Å². The van der Waals surface area contributed by atoms with Gasteiger partial charge in [0.05, 0.1) is 0 Å². The second-order valence-electron chi connectivity index (χ2n) is 3.55. The molecule has 1 atom stereocenters. The van der Waals surface area contributed by atoms with Gasteiger partial charge in [0.25, 0.3) is 0 Å². The molecule has 0 bridgehead atoms. The average molecular weight is 198 g/mol. The SMILES string of the molecule is CCCC(C)C1C(=O)NC(=O)NC1=O. The van der Waals surface area contributed by atoms with Crippen LogP contribution >= 0.6 is 0 Å². The Hall–Kier alpha value is -1.39. The number of hydrogen-bond donors (Lipinski definition) is 2. The van der Waals surface area contributed by atoms with Crippen molar-refractivity contribution in [2.75, 3.05) is 0 Å². The van der Waals surface area contributed by atoms with Crippen LogP contribution < -0.4 is 10.6 Å². The predicted molar refractivity (Wildman–Crippen MR) is 49.2 cm³/mol. The maximum Gasteiger partial charge on any atom is 0.328 e. The summed E-state index contributed by atoms with van der Waals surface area (Å²) in [5.74, 6) is -1.74. The summed E-state index contributed by atoms with van der Waals surface area (Å²) in [5.41, 5.74) is 0. The van der Waals surface area contributed by atoms with Gasteiger partial charge in [0.15, 0.2) is 0 Å². The minimum Gasteiger partial charge on any atom is -0.277 e. The Bertz CT molecular complexity index is 255. The maximum absolute atomic E-state index is 11.3. The molecule has 4 amide bonds. The zero-order valence-electron chi connectivity index (χ0n) is 8.29. The predicted octanol–water partition coefficient (Wildman–Crippen LogP) is 0.405. The molecule has 5 nitrogen and oxygen atoms in total. The smallest absolute Gasteiger partial charge is 0.277 e. The molecule has 1 rings (SSSR count). The third-order valence-electron chi connectivity index (χ3n) is 2.35. The molecule has 0 aromatic carbocycles. The third kappa shape index (κ3) is 2.10. The van der Waals surface area contributed by atoms with E-state index in [9.17, 15) is 14.4 Å². The lowest BCUT2D eigenvalue weighted by Gasteiger charge is -2.25. The lowest BCUT2D eigenvalue weighted by molar-refractivity contribution is -0.138. The van der Waals surface area contributed by atoms with Gasteiger partial charge in [-0.05, 0) is 12.3 Å². The molecular weight excluding hydrogens is 184 g/mol. The summed E-state index contributed by atoms with van der Waals surface area (Å²) in [6.45, 7) is 3.82. The van der Waals surface area contributed by atoms with E-state index in [1.807, 2.05) is 13.8 Å². The molecule has 0 saturated carbocycles. The monoisotopic (exact) mass is 198 g/mol. The molecule has 0 radical (unpaired) electrons. The Kier molecular flexibility index (Phi) is 3.22. The van der Waals surface area contributed by atoms with Gasteiger partial charge in [0.1, 0.15) is 5.92 Å². The van der Waals surface area contributed by atoms with Crippen molar-refractivity contribution in [3.8, 4) is 0 Å². The zero-order valence-corrected chi connectivity index (χ0v) is 8.29. The van der Waals surface area contributed by atoms with Gasteiger partial charge in [-0.25, -0.2) is 4.79 Å². The normalized spacial score (nSPS) is 20.3. The molecule has 1 saturated heterocycles. The van der Waals surface area contributed by atoms with E-state index in [2.05, 4.69) is 10.6 Å². The highest BCUT2D eigenvalue weighted by molar-refractivity contribution is 6.16. The first-order valence-electron chi connectivity index (χ1n) is 4.72. The van der Waals surface area contributed by atoms with Crippen LogP contribution in [0, 0.1) is 11.8 Å². The number of carbonyl (C=O) groups excluding carboxylic acids is 3. The van der Waals surface area contributed by atoms with Gasteiger partial charge in [0, 0.05) is 0 Å². The van der Waals surface area contributed by atoms with Crippen molar-refractivity contribution in [2.24, 2.45) is 11.8 Å². The highest BCUT2D eigenvalue weighted by Crippen LogP contribution is 2.19. The number of hydrogen-bond acceptors (Lipinski definition) is 3. The molecule has 1 fully saturated rings. The van der Waals surface area contributed by atoms with Crippen molar-refractivity contribution in [1.82, 2.24) is 10.6 Å². The summed E-state index contributed by atoms with van der Waals surface area (Å²) in [4.78, 5) is 33.4. The van der Waals surface area contributed by atoms with Crippen LogP contribution in [0.4, 0.5) is 4.79 Å². The summed E-state index contributed by atoms with van der Waals surface area (Å²) in [5, 5.41) is 4.18. The van der Waals surface area contributed by atoms with Crippen molar-refractivity contribution in [3.05, 3.63) is 0 Å². The van der Waals surface area contributed by atoms with Gasteiger partial charge < -0.3 is 0 Å². The maximum atomic E-state index is 11.3. The fourth-order valence-electron chi connectivity index (χ4n) is 1.67. The van der Waals surface area contributed by atoms with Crippen molar-refractivity contribution in [2.45, 2.75) is 26.7 Å². The molecule has 1 heterocycles. The van der Waals surface area contributed by atoms with Crippen LogP contribution in [-0.2, 0) is 9.59 Å².